The predicted molar refractivity (Wildman–Crippen MR) is 193 cm³/mol. The second-order valence-corrected chi connectivity index (χ2v) is 14.0. The van der Waals surface area contributed by atoms with Crippen molar-refractivity contribution in [2.45, 2.75) is 29.6 Å². The van der Waals surface area contributed by atoms with Crippen molar-refractivity contribution >= 4 is 28.8 Å². The van der Waals surface area contributed by atoms with Gasteiger partial charge in [-0.25, -0.2) is 0 Å². The van der Waals surface area contributed by atoms with E-state index in [1.54, 1.807) is 0 Å². The molecule has 46 heavy (non-hydrogen) atoms. The van der Waals surface area contributed by atoms with Gasteiger partial charge in [-0.15, -0.1) is 0 Å². The molecule has 4 aliphatic rings. The molecule has 1 aliphatic heterocycles. The van der Waals surface area contributed by atoms with Gasteiger partial charge in [-0.2, -0.15) is 0 Å². The Labute approximate surface area is 274 Å². The minimum absolute atomic E-state index is 0.365. The lowest BCUT2D eigenvalue weighted by Crippen LogP contribution is -2.26. The van der Waals surface area contributed by atoms with Crippen molar-refractivity contribution in [3.05, 3.63) is 190 Å². The average molecular weight is 606 g/mol. The fourth-order valence-electron chi connectivity index (χ4n) is 8.67. The molecule has 0 radical (unpaired) electrons. The molecule has 218 valence electrons. The fraction of sp³-hybridized carbons (Fsp3) is 0.0909. The number of hydrogen-bond donors (Lipinski definition) is 0. The first kappa shape index (κ1) is 26.2. The van der Waals surface area contributed by atoms with Crippen molar-refractivity contribution in [3.63, 3.8) is 0 Å². The molecule has 0 amide bonds. The van der Waals surface area contributed by atoms with Crippen LogP contribution in [0.15, 0.2) is 161 Å². The highest BCUT2D eigenvalue weighted by Crippen LogP contribution is 2.64. The monoisotopic (exact) mass is 605 g/mol. The Kier molecular flexibility index (Phi) is 5.54. The van der Waals surface area contributed by atoms with Crippen molar-refractivity contribution in [1.82, 2.24) is 0 Å². The number of benzene rings is 6. The van der Waals surface area contributed by atoms with E-state index in [1.165, 1.54) is 82.5 Å². The van der Waals surface area contributed by atoms with Gasteiger partial charge in [0.05, 0.1) is 11.1 Å². The van der Waals surface area contributed by atoms with Gasteiger partial charge in [0.1, 0.15) is 0 Å². The molecule has 1 nitrogen and oxygen atoms in total. The van der Waals surface area contributed by atoms with Crippen LogP contribution in [-0.2, 0) is 5.41 Å². The Bertz CT molecular complexity index is 2260. The normalized spacial score (nSPS) is 17.1. The summed E-state index contributed by atoms with van der Waals surface area (Å²) in [7, 11) is 0. The van der Waals surface area contributed by atoms with Crippen LogP contribution in [0.1, 0.15) is 45.7 Å². The highest BCUT2D eigenvalue weighted by atomic mass is 32.2. The third kappa shape index (κ3) is 3.43. The summed E-state index contributed by atoms with van der Waals surface area (Å²) in [5.74, 6) is 0.488. The molecule has 6 aromatic carbocycles. The Morgan fingerprint density at radius 1 is 0.630 bits per heavy atom. The molecule has 3 aliphatic carbocycles. The highest BCUT2D eigenvalue weighted by Gasteiger charge is 2.52. The molecule has 0 N–H and O–H groups in total. The van der Waals surface area contributed by atoms with Crippen LogP contribution in [0.3, 0.4) is 0 Å². The van der Waals surface area contributed by atoms with Crippen LogP contribution in [0.2, 0.25) is 0 Å². The van der Waals surface area contributed by atoms with E-state index in [9.17, 15) is 0 Å². The van der Waals surface area contributed by atoms with E-state index in [-0.39, 0.29) is 5.41 Å². The summed E-state index contributed by atoms with van der Waals surface area (Å²) in [4.78, 5) is 5.34. The van der Waals surface area contributed by atoms with Crippen molar-refractivity contribution in [2.75, 3.05) is 4.90 Å². The zero-order valence-corrected chi connectivity index (χ0v) is 26.4. The second-order valence-electron chi connectivity index (χ2n) is 12.9. The molecular weight excluding hydrogens is 575 g/mol. The zero-order valence-electron chi connectivity index (χ0n) is 25.6. The van der Waals surface area contributed by atoms with E-state index in [4.69, 9.17) is 0 Å². The number of aryl methyl sites for hydroxylation is 1. The van der Waals surface area contributed by atoms with Crippen molar-refractivity contribution in [3.8, 4) is 22.3 Å². The number of hydrogen-bond acceptors (Lipinski definition) is 2. The summed E-state index contributed by atoms with van der Waals surface area (Å²) in [5, 5.41) is 0. The topological polar surface area (TPSA) is 3.24 Å². The Balaban J connectivity index is 1.26. The van der Waals surface area contributed by atoms with Crippen LogP contribution in [0, 0.1) is 6.92 Å². The van der Waals surface area contributed by atoms with Gasteiger partial charge in [0, 0.05) is 27.8 Å². The van der Waals surface area contributed by atoms with Gasteiger partial charge in [-0.05, 0) is 98.7 Å². The molecular formula is C44H31NS. The summed E-state index contributed by atoms with van der Waals surface area (Å²) >= 11 is 1.94. The summed E-state index contributed by atoms with van der Waals surface area (Å²) in [5.41, 5.74) is 16.7. The molecule has 0 bridgehead atoms. The van der Waals surface area contributed by atoms with Gasteiger partial charge in [0.15, 0.2) is 0 Å². The van der Waals surface area contributed by atoms with Gasteiger partial charge >= 0.3 is 0 Å². The SMILES string of the molecule is Cc1cccc(N(c2ccc3c(c2)SC2=CC=CCC23)c2cccc3c2-c2ccccc2C32c3ccccc3-c3ccccc32)c1. The van der Waals surface area contributed by atoms with E-state index >= 15 is 0 Å². The average Bonchev–Trinajstić information content (AvgIpc) is 3.73. The van der Waals surface area contributed by atoms with Crippen molar-refractivity contribution in [2.24, 2.45) is 0 Å². The lowest BCUT2D eigenvalue weighted by molar-refractivity contribution is 0.794. The predicted octanol–water partition coefficient (Wildman–Crippen LogP) is 11.8. The standard InChI is InChI=1S/C44H31NS/c1-28-12-10-13-29(26-28)45(30-24-25-34-33-16-5-9-23-41(33)46-42(34)27-30)40-22-11-21-39-43(40)35-17-4-8-20-38(35)44(39)36-18-6-2-14-31(36)32-15-3-7-19-37(32)44/h2-15,17-27,33H,16H2,1H3. The smallest absolute Gasteiger partial charge is 0.0726 e. The van der Waals surface area contributed by atoms with Gasteiger partial charge in [-0.3, -0.25) is 0 Å². The number of anilines is 3. The fourth-order valence-corrected chi connectivity index (χ4v) is 9.94. The summed E-state index contributed by atoms with van der Waals surface area (Å²) in [6, 6.07) is 50.3. The maximum absolute atomic E-state index is 2.50. The molecule has 0 saturated heterocycles. The van der Waals surface area contributed by atoms with Gasteiger partial charge in [0.2, 0.25) is 0 Å². The van der Waals surface area contributed by atoms with E-state index in [2.05, 4.69) is 164 Å². The molecule has 1 atom stereocenters. The van der Waals surface area contributed by atoms with Crippen LogP contribution in [0.5, 0.6) is 0 Å². The number of fused-ring (bicyclic) bond motifs is 13. The molecule has 0 saturated carbocycles. The summed E-state index contributed by atoms with van der Waals surface area (Å²) in [6.07, 6.45) is 7.90. The largest absolute Gasteiger partial charge is 0.310 e. The lowest BCUT2D eigenvalue weighted by atomic mass is 9.70. The van der Waals surface area contributed by atoms with E-state index in [0.29, 0.717) is 5.92 Å². The maximum atomic E-state index is 2.50. The first-order valence-electron chi connectivity index (χ1n) is 16.2. The highest BCUT2D eigenvalue weighted by molar-refractivity contribution is 8.03. The first-order chi connectivity index (χ1) is 22.7. The Morgan fingerprint density at radius 3 is 2.04 bits per heavy atom. The van der Waals surface area contributed by atoms with E-state index in [1.807, 2.05) is 11.8 Å². The number of thioether (sulfide) groups is 1. The molecule has 0 fully saturated rings. The molecule has 10 rings (SSSR count). The Morgan fingerprint density at radius 2 is 1.28 bits per heavy atom. The van der Waals surface area contributed by atoms with Crippen molar-refractivity contribution in [1.29, 1.82) is 0 Å². The summed E-state index contributed by atoms with van der Waals surface area (Å²) in [6.45, 7) is 2.19. The molecule has 1 unspecified atom stereocenters. The molecule has 0 aromatic heterocycles. The van der Waals surface area contributed by atoms with E-state index in [0.717, 1.165) is 6.42 Å². The molecule has 1 heterocycles. The number of rotatable bonds is 3. The summed E-state index contributed by atoms with van der Waals surface area (Å²) < 4.78 is 0. The quantitative estimate of drug-likeness (QED) is 0.197. The third-order valence-corrected chi connectivity index (χ3v) is 11.7. The van der Waals surface area contributed by atoms with Crippen LogP contribution < -0.4 is 4.90 Å². The van der Waals surface area contributed by atoms with Crippen LogP contribution in [-0.4, -0.2) is 0 Å². The third-order valence-electron chi connectivity index (χ3n) is 10.5. The van der Waals surface area contributed by atoms with Gasteiger partial charge in [-0.1, -0.05) is 133 Å². The van der Waals surface area contributed by atoms with Crippen LogP contribution in [0.25, 0.3) is 22.3 Å². The second kappa shape index (κ2) is 9.72. The Hall–Kier alpha value is -5.05. The minimum Gasteiger partial charge on any atom is -0.310 e. The van der Waals surface area contributed by atoms with Gasteiger partial charge < -0.3 is 4.90 Å². The first-order valence-corrected chi connectivity index (χ1v) is 17.0. The van der Waals surface area contributed by atoms with Gasteiger partial charge in [0.25, 0.3) is 0 Å². The van der Waals surface area contributed by atoms with Crippen LogP contribution in [0.4, 0.5) is 17.1 Å². The number of nitrogens with zero attached hydrogens (tertiary/aromatic N) is 1. The zero-order chi connectivity index (χ0) is 30.4. The van der Waals surface area contributed by atoms with Crippen LogP contribution >= 0.6 is 11.8 Å². The van der Waals surface area contributed by atoms with Crippen molar-refractivity contribution < 1.29 is 0 Å². The maximum Gasteiger partial charge on any atom is 0.0726 e. The number of allylic oxidation sites excluding steroid dienone is 4. The molecule has 1 spiro atoms. The molecule has 2 heteroatoms. The minimum atomic E-state index is -0.365. The molecule has 6 aromatic rings. The lowest BCUT2D eigenvalue weighted by Gasteiger charge is -2.32. The van der Waals surface area contributed by atoms with E-state index < -0.39 is 0 Å².